The number of nitrogens with zero attached hydrogens (tertiary/aromatic N) is 3. The number of amides is 3. The van der Waals surface area contributed by atoms with Crippen LogP contribution in [-0.4, -0.2) is 64.3 Å². The van der Waals surface area contributed by atoms with Gasteiger partial charge < -0.3 is 0 Å². The van der Waals surface area contributed by atoms with E-state index in [4.69, 9.17) is 0 Å². The van der Waals surface area contributed by atoms with Gasteiger partial charge in [-0.05, 0) is 49.7 Å². The fourth-order valence-electron chi connectivity index (χ4n) is 7.06. The van der Waals surface area contributed by atoms with Gasteiger partial charge >= 0.3 is 0 Å². The molecule has 1 unspecified atom stereocenters. The summed E-state index contributed by atoms with van der Waals surface area (Å²) in [6.45, 7) is 6.02. The third-order valence-electron chi connectivity index (χ3n) is 8.95. The van der Waals surface area contributed by atoms with E-state index < -0.39 is 45.2 Å². The number of hydrogen-bond donors (Lipinski definition) is 0. The van der Waals surface area contributed by atoms with E-state index in [0.29, 0.717) is 23.5 Å². The monoisotopic (exact) mass is 443 g/mol. The molecule has 3 heterocycles. The Morgan fingerprint density at radius 3 is 2.29 bits per heavy atom. The van der Waals surface area contributed by atoms with E-state index in [1.807, 2.05) is 0 Å². The van der Waals surface area contributed by atoms with E-state index in [-0.39, 0.29) is 17.2 Å². The van der Waals surface area contributed by atoms with Crippen LogP contribution in [0.1, 0.15) is 60.7 Å². The molecule has 164 valence electrons. The summed E-state index contributed by atoms with van der Waals surface area (Å²) in [6, 6.07) is 4.99. The lowest BCUT2D eigenvalue weighted by Crippen LogP contribution is -2.47. The summed E-state index contributed by atoms with van der Waals surface area (Å²) in [7, 11) is -3.75. The molecule has 0 radical (unpaired) electrons. The fraction of sp³-hybridized carbons (Fsp3) is 0.591. The maximum atomic E-state index is 13.6. The molecule has 2 aliphatic carbocycles. The highest BCUT2D eigenvalue weighted by Crippen LogP contribution is 2.70. The van der Waals surface area contributed by atoms with Crippen LogP contribution >= 0.6 is 0 Å². The van der Waals surface area contributed by atoms with Gasteiger partial charge in [-0.3, -0.25) is 14.4 Å². The quantitative estimate of drug-likeness (QED) is 0.509. The lowest BCUT2D eigenvalue weighted by Gasteiger charge is -2.37. The number of carbonyl (C=O) groups is 3. The minimum atomic E-state index is -3.75. The Hall–Kier alpha value is -2.26. The Bertz CT molecular complexity index is 1140. The first-order valence-electron chi connectivity index (χ1n) is 10.8. The molecule has 5 aliphatic rings. The van der Waals surface area contributed by atoms with Crippen LogP contribution in [0.15, 0.2) is 24.3 Å². The van der Waals surface area contributed by atoms with Crippen LogP contribution in [0, 0.1) is 16.7 Å². The Morgan fingerprint density at radius 2 is 1.71 bits per heavy atom. The molecule has 1 spiro atoms. The largest absolute Gasteiger partial charge is 0.276 e. The van der Waals surface area contributed by atoms with Gasteiger partial charge in [0.1, 0.15) is 6.04 Å². The summed E-state index contributed by atoms with van der Waals surface area (Å²) < 4.78 is 27.5. The Labute approximate surface area is 181 Å². The number of hydrazine groups is 1. The number of sulfonamides is 1. The molecule has 1 aromatic carbocycles. The molecule has 4 fully saturated rings. The van der Waals surface area contributed by atoms with E-state index in [1.54, 1.807) is 31.2 Å². The fourth-order valence-corrected chi connectivity index (χ4v) is 9.61. The molecule has 3 amide bonds. The highest BCUT2D eigenvalue weighted by atomic mass is 32.2. The number of rotatable bonds is 2. The standard InChI is InChI=1S/C22H25N3O5S/c1-12-17(23(12)24-18(26)14-6-4-5-7-15(14)19(24)27)20(28)25-16-10-13-8-9-22(16,21(13,2)3)11-31(25,29)30/h4-7,12-13,16-17H,8-11H2,1-3H3/t12-,13-,16-,17+,22-,23?/m1/s1. The second-order valence-electron chi connectivity index (χ2n) is 10.3. The molecule has 0 aromatic heterocycles. The van der Waals surface area contributed by atoms with Crippen LogP contribution in [0.2, 0.25) is 0 Å². The number of imide groups is 1. The van der Waals surface area contributed by atoms with Crippen molar-refractivity contribution in [1.29, 1.82) is 0 Å². The van der Waals surface area contributed by atoms with Gasteiger partial charge in [0.25, 0.3) is 17.7 Å². The molecule has 9 heteroatoms. The number of carbonyl (C=O) groups excluding carboxylic acids is 3. The summed E-state index contributed by atoms with van der Waals surface area (Å²) in [5, 5.41) is 2.45. The molecule has 2 saturated heterocycles. The molecular weight excluding hydrogens is 418 g/mol. The average molecular weight is 444 g/mol. The number of hydrogen-bond acceptors (Lipinski definition) is 6. The topological polar surface area (TPSA) is 94.8 Å². The van der Waals surface area contributed by atoms with Crippen LogP contribution in [-0.2, 0) is 14.8 Å². The lowest BCUT2D eigenvalue weighted by molar-refractivity contribution is -0.130. The van der Waals surface area contributed by atoms with Gasteiger partial charge in [-0.1, -0.05) is 26.0 Å². The number of fused-ring (bicyclic) bond motifs is 2. The molecule has 3 aliphatic heterocycles. The van der Waals surface area contributed by atoms with Gasteiger partial charge in [0, 0.05) is 5.41 Å². The van der Waals surface area contributed by atoms with Gasteiger partial charge in [0.15, 0.2) is 0 Å². The van der Waals surface area contributed by atoms with E-state index in [9.17, 15) is 22.8 Å². The van der Waals surface area contributed by atoms with E-state index in [0.717, 1.165) is 22.2 Å². The maximum absolute atomic E-state index is 13.6. The second kappa shape index (κ2) is 5.56. The highest BCUT2D eigenvalue weighted by Gasteiger charge is 2.74. The molecule has 0 N–H and O–H groups in total. The van der Waals surface area contributed by atoms with Gasteiger partial charge in [-0.15, -0.1) is 0 Å². The Morgan fingerprint density at radius 1 is 1.10 bits per heavy atom. The molecule has 31 heavy (non-hydrogen) atoms. The van der Waals surface area contributed by atoms with E-state index in [2.05, 4.69) is 13.8 Å². The zero-order valence-electron chi connectivity index (χ0n) is 17.7. The van der Waals surface area contributed by atoms with Crippen LogP contribution in [0.4, 0.5) is 0 Å². The molecule has 2 bridgehead atoms. The number of benzene rings is 1. The van der Waals surface area contributed by atoms with Crippen molar-refractivity contribution in [3.8, 4) is 0 Å². The predicted molar refractivity (Wildman–Crippen MR) is 110 cm³/mol. The van der Waals surface area contributed by atoms with Crippen LogP contribution in [0.5, 0.6) is 0 Å². The van der Waals surface area contributed by atoms with E-state index in [1.165, 1.54) is 5.01 Å². The first-order chi connectivity index (χ1) is 14.5. The summed E-state index contributed by atoms with van der Waals surface area (Å²) >= 11 is 0. The Kier molecular flexibility index (Phi) is 3.48. The first kappa shape index (κ1) is 19.4. The lowest BCUT2D eigenvalue weighted by atomic mass is 9.69. The predicted octanol–water partition coefficient (Wildman–Crippen LogP) is 1.64. The van der Waals surface area contributed by atoms with Crippen molar-refractivity contribution in [3.63, 3.8) is 0 Å². The van der Waals surface area contributed by atoms with Crippen molar-refractivity contribution < 1.29 is 22.8 Å². The Balaban J connectivity index is 1.32. The summed E-state index contributed by atoms with van der Waals surface area (Å²) in [4.78, 5) is 39.3. The zero-order chi connectivity index (χ0) is 22.1. The SMILES string of the molecule is C[C@@H]1[C@@H](C(=O)N2[C@@H]3C[C@H]4CC[C@]3(CS2(=O)=O)C4(C)C)N1N1C(=O)c2ccccc2C1=O. The smallest absolute Gasteiger partial charge is 0.272 e. The molecular formula is C22H25N3O5S. The van der Waals surface area contributed by atoms with Crippen molar-refractivity contribution >= 4 is 27.7 Å². The van der Waals surface area contributed by atoms with Gasteiger partial charge in [-0.25, -0.2) is 17.7 Å². The van der Waals surface area contributed by atoms with Crippen molar-refractivity contribution in [2.75, 3.05) is 5.75 Å². The molecule has 6 rings (SSSR count). The minimum Gasteiger partial charge on any atom is -0.272 e. The van der Waals surface area contributed by atoms with Crippen molar-refractivity contribution in [2.45, 2.75) is 58.2 Å². The molecule has 6 atom stereocenters. The molecule has 2 saturated carbocycles. The molecule has 8 nitrogen and oxygen atoms in total. The van der Waals surface area contributed by atoms with Gasteiger partial charge in [0.05, 0.1) is 29.0 Å². The molecule has 1 aromatic rings. The van der Waals surface area contributed by atoms with Gasteiger partial charge in [0.2, 0.25) is 10.0 Å². The van der Waals surface area contributed by atoms with Crippen LogP contribution in [0.25, 0.3) is 0 Å². The van der Waals surface area contributed by atoms with Crippen molar-refractivity contribution in [1.82, 2.24) is 14.3 Å². The summed E-state index contributed by atoms with van der Waals surface area (Å²) in [5.74, 6) is -1.02. The van der Waals surface area contributed by atoms with Crippen LogP contribution in [0.3, 0.4) is 0 Å². The van der Waals surface area contributed by atoms with Crippen molar-refractivity contribution in [2.24, 2.45) is 16.7 Å². The highest BCUT2D eigenvalue weighted by molar-refractivity contribution is 7.90. The van der Waals surface area contributed by atoms with E-state index >= 15 is 0 Å². The normalized spacial score (nSPS) is 40.9. The summed E-state index contributed by atoms with van der Waals surface area (Å²) in [6.07, 6.45) is 2.52. The third kappa shape index (κ3) is 2.09. The third-order valence-corrected chi connectivity index (χ3v) is 10.9. The zero-order valence-corrected chi connectivity index (χ0v) is 18.6. The first-order valence-corrected chi connectivity index (χ1v) is 12.5. The van der Waals surface area contributed by atoms with Crippen LogP contribution < -0.4 is 0 Å². The average Bonchev–Trinajstić information content (AvgIpc) is 2.97. The van der Waals surface area contributed by atoms with Gasteiger partial charge in [-0.2, -0.15) is 5.01 Å². The second-order valence-corrected chi connectivity index (χ2v) is 12.1. The maximum Gasteiger partial charge on any atom is 0.276 e. The minimum absolute atomic E-state index is 0.00796. The van der Waals surface area contributed by atoms with Crippen molar-refractivity contribution in [3.05, 3.63) is 35.4 Å². The summed E-state index contributed by atoms with van der Waals surface area (Å²) in [5.41, 5.74) is 0.0858.